The standard InChI is InChI=1S/C10H17N3/c1-3-11-5-9(1)2-4-12-6-10-7-13-8-10/h1,3,5,10-13H,2,4,6-8H2. The van der Waals surface area contributed by atoms with Crippen LogP contribution in [0, 0.1) is 5.92 Å². The Labute approximate surface area is 78.9 Å². The van der Waals surface area contributed by atoms with Crippen molar-refractivity contribution in [1.82, 2.24) is 15.6 Å². The summed E-state index contributed by atoms with van der Waals surface area (Å²) in [5.74, 6) is 0.867. The van der Waals surface area contributed by atoms with Crippen molar-refractivity contribution in [1.29, 1.82) is 0 Å². The van der Waals surface area contributed by atoms with Crippen molar-refractivity contribution in [2.24, 2.45) is 5.92 Å². The first-order valence-corrected chi connectivity index (χ1v) is 4.98. The molecule has 1 saturated heterocycles. The van der Waals surface area contributed by atoms with Gasteiger partial charge in [-0.05, 0) is 30.5 Å². The largest absolute Gasteiger partial charge is 0.367 e. The van der Waals surface area contributed by atoms with Crippen molar-refractivity contribution in [3.8, 4) is 0 Å². The third-order valence-corrected chi connectivity index (χ3v) is 2.55. The van der Waals surface area contributed by atoms with Crippen LogP contribution in [0.2, 0.25) is 0 Å². The van der Waals surface area contributed by atoms with Gasteiger partial charge in [0.25, 0.3) is 0 Å². The van der Waals surface area contributed by atoms with Crippen LogP contribution in [0.1, 0.15) is 5.56 Å². The van der Waals surface area contributed by atoms with Gasteiger partial charge in [-0.1, -0.05) is 0 Å². The maximum absolute atomic E-state index is 3.47. The zero-order valence-electron chi connectivity index (χ0n) is 7.84. The summed E-state index contributed by atoms with van der Waals surface area (Å²) in [7, 11) is 0. The van der Waals surface area contributed by atoms with Crippen LogP contribution in [0.15, 0.2) is 18.5 Å². The number of aromatic amines is 1. The van der Waals surface area contributed by atoms with Gasteiger partial charge in [0.15, 0.2) is 0 Å². The average Bonchev–Trinajstić information content (AvgIpc) is 2.53. The molecule has 0 aromatic carbocycles. The average molecular weight is 179 g/mol. The van der Waals surface area contributed by atoms with Gasteiger partial charge < -0.3 is 15.6 Å². The fraction of sp³-hybridized carbons (Fsp3) is 0.600. The first-order valence-electron chi connectivity index (χ1n) is 4.98. The van der Waals surface area contributed by atoms with Crippen molar-refractivity contribution in [3.63, 3.8) is 0 Å². The van der Waals surface area contributed by atoms with Gasteiger partial charge >= 0.3 is 0 Å². The Bertz CT molecular complexity index is 226. The number of aromatic nitrogens is 1. The molecule has 0 unspecified atom stereocenters. The molecule has 0 radical (unpaired) electrons. The number of nitrogens with one attached hydrogen (secondary N) is 3. The molecule has 72 valence electrons. The summed E-state index contributed by atoms with van der Waals surface area (Å²) >= 11 is 0. The molecule has 1 aliphatic rings. The highest BCUT2D eigenvalue weighted by molar-refractivity contribution is 5.08. The van der Waals surface area contributed by atoms with E-state index in [2.05, 4.69) is 27.9 Å². The lowest BCUT2D eigenvalue weighted by Crippen LogP contribution is -2.47. The van der Waals surface area contributed by atoms with Gasteiger partial charge in [-0.2, -0.15) is 0 Å². The van der Waals surface area contributed by atoms with E-state index in [1.807, 2.05) is 6.20 Å². The lowest BCUT2D eigenvalue weighted by atomic mass is 10.0. The van der Waals surface area contributed by atoms with Crippen LogP contribution in [0.25, 0.3) is 0 Å². The first-order chi connectivity index (χ1) is 6.45. The first kappa shape index (κ1) is 8.78. The maximum Gasteiger partial charge on any atom is 0.00378 e. The van der Waals surface area contributed by atoms with Gasteiger partial charge in [0.2, 0.25) is 0 Å². The highest BCUT2D eigenvalue weighted by Gasteiger charge is 2.14. The second-order valence-corrected chi connectivity index (χ2v) is 3.70. The van der Waals surface area contributed by atoms with E-state index in [-0.39, 0.29) is 0 Å². The van der Waals surface area contributed by atoms with Gasteiger partial charge in [-0.3, -0.25) is 0 Å². The second-order valence-electron chi connectivity index (χ2n) is 3.70. The molecular formula is C10H17N3. The molecule has 0 spiro atoms. The quantitative estimate of drug-likeness (QED) is 0.571. The van der Waals surface area contributed by atoms with E-state index in [0.717, 1.165) is 25.4 Å². The van der Waals surface area contributed by atoms with E-state index in [4.69, 9.17) is 0 Å². The molecule has 0 atom stereocenters. The number of H-pyrrole nitrogens is 1. The topological polar surface area (TPSA) is 39.8 Å². The van der Waals surface area contributed by atoms with Crippen LogP contribution < -0.4 is 10.6 Å². The van der Waals surface area contributed by atoms with Crippen molar-refractivity contribution >= 4 is 0 Å². The van der Waals surface area contributed by atoms with E-state index in [1.165, 1.54) is 18.7 Å². The predicted octanol–water partition coefficient (Wildman–Crippen LogP) is 0.366. The van der Waals surface area contributed by atoms with Crippen molar-refractivity contribution in [2.45, 2.75) is 6.42 Å². The molecule has 0 amide bonds. The minimum Gasteiger partial charge on any atom is -0.367 e. The Kier molecular flexibility index (Phi) is 3.00. The Hall–Kier alpha value is -0.800. The van der Waals surface area contributed by atoms with Gasteiger partial charge in [-0.25, -0.2) is 0 Å². The van der Waals surface area contributed by atoms with E-state index < -0.39 is 0 Å². The lowest BCUT2D eigenvalue weighted by molar-refractivity contribution is 0.333. The van der Waals surface area contributed by atoms with E-state index in [9.17, 15) is 0 Å². The van der Waals surface area contributed by atoms with Crippen molar-refractivity contribution in [2.75, 3.05) is 26.2 Å². The summed E-state index contributed by atoms with van der Waals surface area (Å²) < 4.78 is 0. The molecule has 1 aliphatic heterocycles. The third-order valence-electron chi connectivity index (χ3n) is 2.55. The summed E-state index contributed by atoms with van der Waals surface area (Å²) in [5.41, 5.74) is 1.39. The molecule has 1 fully saturated rings. The Balaban J connectivity index is 1.53. The van der Waals surface area contributed by atoms with Crippen LogP contribution in [-0.4, -0.2) is 31.2 Å². The highest BCUT2D eigenvalue weighted by atomic mass is 15.0. The van der Waals surface area contributed by atoms with Crippen LogP contribution in [0.5, 0.6) is 0 Å². The van der Waals surface area contributed by atoms with Gasteiger partial charge in [-0.15, -0.1) is 0 Å². The lowest BCUT2D eigenvalue weighted by Gasteiger charge is -2.27. The summed E-state index contributed by atoms with van der Waals surface area (Å²) in [6.07, 6.45) is 5.17. The molecule has 2 heterocycles. The van der Waals surface area contributed by atoms with E-state index in [0.29, 0.717) is 0 Å². The molecular weight excluding hydrogens is 162 g/mol. The summed E-state index contributed by atoms with van der Waals surface area (Å²) in [5, 5.41) is 6.74. The Morgan fingerprint density at radius 2 is 2.38 bits per heavy atom. The smallest absolute Gasteiger partial charge is 0.00378 e. The maximum atomic E-state index is 3.47. The monoisotopic (exact) mass is 179 g/mol. The van der Waals surface area contributed by atoms with Gasteiger partial charge in [0.05, 0.1) is 0 Å². The van der Waals surface area contributed by atoms with E-state index >= 15 is 0 Å². The summed E-state index contributed by atoms with van der Waals surface area (Å²) in [4.78, 5) is 3.06. The molecule has 0 saturated carbocycles. The Morgan fingerprint density at radius 3 is 3.00 bits per heavy atom. The molecule has 0 aliphatic carbocycles. The van der Waals surface area contributed by atoms with Gasteiger partial charge in [0, 0.05) is 32.0 Å². The normalized spacial score (nSPS) is 17.2. The van der Waals surface area contributed by atoms with Crippen molar-refractivity contribution in [3.05, 3.63) is 24.0 Å². The van der Waals surface area contributed by atoms with Crippen molar-refractivity contribution < 1.29 is 0 Å². The van der Waals surface area contributed by atoms with Crippen LogP contribution >= 0.6 is 0 Å². The number of hydrogen-bond donors (Lipinski definition) is 3. The molecule has 2 rings (SSSR count). The minimum absolute atomic E-state index is 0.867. The fourth-order valence-corrected chi connectivity index (χ4v) is 1.55. The fourth-order valence-electron chi connectivity index (χ4n) is 1.55. The highest BCUT2D eigenvalue weighted by Crippen LogP contribution is 2.00. The molecule has 3 N–H and O–H groups in total. The van der Waals surface area contributed by atoms with Crippen LogP contribution in [0.4, 0.5) is 0 Å². The molecule has 13 heavy (non-hydrogen) atoms. The minimum atomic E-state index is 0.867. The molecule has 3 heteroatoms. The van der Waals surface area contributed by atoms with Gasteiger partial charge in [0.1, 0.15) is 0 Å². The molecule has 0 bridgehead atoms. The zero-order valence-corrected chi connectivity index (χ0v) is 7.84. The van der Waals surface area contributed by atoms with Crippen LogP contribution in [0.3, 0.4) is 0 Å². The predicted molar refractivity (Wildman–Crippen MR) is 53.7 cm³/mol. The van der Waals surface area contributed by atoms with E-state index in [1.54, 1.807) is 0 Å². The summed E-state index contributed by atoms with van der Waals surface area (Å²) in [6.45, 7) is 4.64. The molecule has 1 aromatic heterocycles. The molecule has 1 aromatic rings. The summed E-state index contributed by atoms with van der Waals surface area (Å²) in [6, 6.07) is 2.13. The SMILES string of the molecule is c1cc(CCNCC2CNC2)c[nH]1. The zero-order chi connectivity index (χ0) is 8.93. The van der Waals surface area contributed by atoms with Crippen LogP contribution in [-0.2, 0) is 6.42 Å². The number of rotatable bonds is 5. The third kappa shape index (κ3) is 2.57. The molecule has 3 nitrogen and oxygen atoms in total. The number of hydrogen-bond acceptors (Lipinski definition) is 2. The Morgan fingerprint density at radius 1 is 1.46 bits per heavy atom. The second kappa shape index (κ2) is 4.44.